The lowest BCUT2D eigenvalue weighted by atomic mass is 9.99. The molecule has 3 rings (SSSR count). The van der Waals surface area contributed by atoms with Crippen LogP contribution in [0.3, 0.4) is 0 Å². The van der Waals surface area contributed by atoms with E-state index in [1.807, 2.05) is 61.5 Å². The van der Waals surface area contributed by atoms with Crippen LogP contribution in [0.1, 0.15) is 30.0 Å². The van der Waals surface area contributed by atoms with Gasteiger partial charge in [0.15, 0.2) is 0 Å². The highest BCUT2D eigenvalue weighted by Gasteiger charge is 2.31. The number of carbonyl (C=O) groups excluding carboxylic acids is 1. The quantitative estimate of drug-likeness (QED) is 0.908. The number of amides is 1. The lowest BCUT2D eigenvalue weighted by molar-refractivity contribution is -0.122. The van der Waals surface area contributed by atoms with Crippen LogP contribution in [-0.2, 0) is 4.79 Å². The van der Waals surface area contributed by atoms with Crippen molar-refractivity contribution in [2.45, 2.75) is 31.9 Å². The zero-order chi connectivity index (χ0) is 16.9. The van der Waals surface area contributed by atoms with Gasteiger partial charge in [-0.2, -0.15) is 0 Å². The zero-order valence-corrected chi connectivity index (χ0v) is 14.0. The average molecular weight is 324 g/mol. The predicted octanol–water partition coefficient (Wildman–Crippen LogP) is 3.13. The molecule has 0 aromatic heterocycles. The van der Waals surface area contributed by atoms with Crippen LogP contribution >= 0.6 is 0 Å². The van der Waals surface area contributed by atoms with Gasteiger partial charge in [0.25, 0.3) is 0 Å². The van der Waals surface area contributed by atoms with Gasteiger partial charge in [0.1, 0.15) is 6.04 Å². The summed E-state index contributed by atoms with van der Waals surface area (Å²) in [6, 6.07) is 17.2. The summed E-state index contributed by atoms with van der Waals surface area (Å²) in [6.07, 6.45) is 1.34. The van der Waals surface area contributed by atoms with Gasteiger partial charge in [0.05, 0.1) is 6.10 Å². The molecule has 24 heavy (non-hydrogen) atoms. The van der Waals surface area contributed by atoms with E-state index in [0.717, 1.165) is 36.2 Å². The molecule has 2 aromatic carbocycles. The minimum Gasteiger partial charge on any atom is -0.392 e. The molecule has 1 saturated heterocycles. The van der Waals surface area contributed by atoms with Gasteiger partial charge in [-0.1, -0.05) is 48.0 Å². The molecule has 2 unspecified atom stereocenters. The Labute approximate surface area is 143 Å². The van der Waals surface area contributed by atoms with Crippen molar-refractivity contribution in [1.82, 2.24) is 4.90 Å². The van der Waals surface area contributed by atoms with Crippen molar-refractivity contribution >= 4 is 11.6 Å². The molecule has 1 aliphatic heterocycles. The summed E-state index contributed by atoms with van der Waals surface area (Å²) in [5.41, 5.74) is 2.91. The number of aryl methyl sites for hydroxylation is 1. The molecule has 0 spiro atoms. The van der Waals surface area contributed by atoms with Gasteiger partial charge >= 0.3 is 0 Å². The SMILES string of the molecule is Cc1ccc(NC(=O)C(c2ccccc2)N2CCCC(O)C2)cc1. The topological polar surface area (TPSA) is 52.6 Å². The maximum Gasteiger partial charge on any atom is 0.246 e. The number of β-amino-alcohol motifs (C(OH)–C–C–N with tert-alkyl or cyclic N) is 1. The zero-order valence-electron chi connectivity index (χ0n) is 14.0. The predicted molar refractivity (Wildman–Crippen MR) is 95.8 cm³/mol. The van der Waals surface area contributed by atoms with Crippen LogP contribution in [0.25, 0.3) is 0 Å². The Kier molecular flexibility index (Phi) is 5.28. The molecular weight excluding hydrogens is 300 g/mol. The number of anilines is 1. The van der Waals surface area contributed by atoms with Gasteiger partial charge < -0.3 is 10.4 Å². The van der Waals surface area contributed by atoms with E-state index in [0.29, 0.717) is 6.54 Å². The number of nitrogens with one attached hydrogen (secondary N) is 1. The second-order valence-electron chi connectivity index (χ2n) is 6.46. The molecule has 0 saturated carbocycles. The van der Waals surface area contributed by atoms with Crippen molar-refractivity contribution < 1.29 is 9.90 Å². The number of rotatable bonds is 4. The molecule has 4 nitrogen and oxygen atoms in total. The van der Waals surface area contributed by atoms with Gasteiger partial charge in [0, 0.05) is 12.2 Å². The fourth-order valence-corrected chi connectivity index (χ4v) is 3.23. The van der Waals surface area contributed by atoms with Crippen molar-refractivity contribution in [3.63, 3.8) is 0 Å². The molecule has 2 atom stereocenters. The van der Waals surface area contributed by atoms with E-state index in [1.165, 1.54) is 0 Å². The molecule has 126 valence electrons. The van der Waals surface area contributed by atoms with E-state index < -0.39 is 0 Å². The molecule has 1 aliphatic rings. The first kappa shape index (κ1) is 16.7. The largest absolute Gasteiger partial charge is 0.392 e. The van der Waals surface area contributed by atoms with E-state index in [4.69, 9.17) is 0 Å². The van der Waals surface area contributed by atoms with Crippen LogP contribution < -0.4 is 5.32 Å². The number of aliphatic hydroxyl groups is 1. The lowest BCUT2D eigenvalue weighted by Crippen LogP contribution is -2.44. The summed E-state index contributed by atoms with van der Waals surface area (Å²) >= 11 is 0. The van der Waals surface area contributed by atoms with Crippen LogP contribution in [0.15, 0.2) is 54.6 Å². The highest BCUT2D eigenvalue weighted by molar-refractivity contribution is 5.95. The Bertz CT molecular complexity index is 670. The molecule has 0 bridgehead atoms. The Morgan fingerprint density at radius 2 is 1.88 bits per heavy atom. The van der Waals surface area contributed by atoms with Crippen molar-refractivity contribution in [1.29, 1.82) is 0 Å². The third-order valence-electron chi connectivity index (χ3n) is 4.48. The average Bonchev–Trinajstić information content (AvgIpc) is 2.58. The summed E-state index contributed by atoms with van der Waals surface area (Å²) in [4.78, 5) is 15.0. The number of hydrogen-bond donors (Lipinski definition) is 2. The number of likely N-dealkylation sites (tertiary alicyclic amines) is 1. The van der Waals surface area contributed by atoms with Crippen LogP contribution in [0.2, 0.25) is 0 Å². The Hall–Kier alpha value is -2.17. The Morgan fingerprint density at radius 3 is 2.54 bits per heavy atom. The maximum atomic E-state index is 13.0. The lowest BCUT2D eigenvalue weighted by Gasteiger charge is -2.36. The van der Waals surface area contributed by atoms with Crippen LogP contribution in [0.5, 0.6) is 0 Å². The smallest absolute Gasteiger partial charge is 0.246 e. The van der Waals surface area contributed by atoms with Crippen LogP contribution in [0.4, 0.5) is 5.69 Å². The molecule has 1 amide bonds. The van der Waals surface area contributed by atoms with Gasteiger partial charge in [-0.25, -0.2) is 0 Å². The van der Waals surface area contributed by atoms with Gasteiger partial charge in [-0.05, 0) is 44.0 Å². The first-order valence-electron chi connectivity index (χ1n) is 8.48. The summed E-state index contributed by atoms with van der Waals surface area (Å²) < 4.78 is 0. The van der Waals surface area contributed by atoms with Gasteiger partial charge in [0.2, 0.25) is 5.91 Å². The number of aliphatic hydroxyl groups excluding tert-OH is 1. The van der Waals surface area contributed by atoms with E-state index >= 15 is 0 Å². The molecule has 1 fully saturated rings. The maximum absolute atomic E-state index is 13.0. The van der Waals surface area contributed by atoms with Crippen molar-refractivity contribution in [2.75, 3.05) is 18.4 Å². The van der Waals surface area contributed by atoms with E-state index in [1.54, 1.807) is 0 Å². The number of carbonyl (C=O) groups is 1. The van der Waals surface area contributed by atoms with Crippen molar-refractivity contribution in [2.24, 2.45) is 0 Å². The molecular formula is C20H24N2O2. The van der Waals surface area contributed by atoms with Crippen LogP contribution in [-0.4, -0.2) is 35.1 Å². The second kappa shape index (κ2) is 7.60. The third-order valence-corrected chi connectivity index (χ3v) is 4.48. The number of nitrogens with zero attached hydrogens (tertiary/aromatic N) is 1. The monoisotopic (exact) mass is 324 g/mol. The number of piperidine rings is 1. The van der Waals surface area contributed by atoms with Crippen molar-refractivity contribution in [3.8, 4) is 0 Å². The first-order chi connectivity index (χ1) is 11.6. The highest BCUT2D eigenvalue weighted by Crippen LogP contribution is 2.26. The van der Waals surface area contributed by atoms with E-state index in [-0.39, 0.29) is 18.1 Å². The minimum atomic E-state index is -0.387. The minimum absolute atomic E-state index is 0.0563. The van der Waals surface area contributed by atoms with Gasteiger partial charge in [-0.15, -0.1) is 0 Å². The van der Waals surface area contributed by atoms with Gasteiger partial charge in [-0.3, -0.25) is 9.69 Å². The standard InChI is InChI=1S/C20H24N2O2/c1-15-9-11-17(12-10-15)21-20(24)19(16-6-3-2-4-7-16)22-13-5-8-18(23)14-22/h2-4,6-7,9-12,18-19,23H,5,8,13-14H2,1H3,(H,21,24). The number of benzene rings is 2. The van der Waals surface area contributed by atoms with Crippen LogP contribution in [0, 0.1) is 6.92 Å². The Balaban J connectivity index is 1.83. The number of hydrogen-bond acceptors (Lipinski definition) is 3. The Morgan fingerprint density at radius 1 is 1.17 bits per heavy atom. The normalized spacial score (nSPS) is 19.7. The molecule has 2 N–H and O–H groups in total. The highest BCUT2D eigenvalue weighted by atomic mass is 16.3. The molecule has 0 radical (unpaired) electrons. The fraction of sp³-hybridized carbons (Fsp3) is 0.350. The molecule has 1 heterocycles. The summed E-state index contributed by atoms with van der Waals surface area (Å²) in [5.74, 6) is -0.0563. The first-order valence-corrected chi connectivity index (χ1v) is 8.48. The fourth-order valence-electron chi connectivity index (χ4n) is 3.23. The second-order valence-corrected chi connectivity index (χ2v) is 6.46. The summed E-state index contributed by atoms with van der Waals surface area (Å²) in [7, 11) is 0. The van der Waals surface area contributed by atoms with Crippen molar-refractivity contribution in [3.05, 3.63) is 65.7 Å². The van der Waals surface area contributed by atoms with E-state index in [9.17, 15) is 9.90 Å². The third kappa shape index (κ3) is 4.02. The summed E-state index contributed by atoms with van der Waals surface area (Å²) in [5, 5.41) is 13.0. The molecule has 0 aliphatic carbocycles. The summed E-state index contributed by atoms with van der Waals surface area (Å²) in [6.45, 7) is 3.37. The molecule has 4 heteroatoms. The van der Waals surface area contributed by atoms with E-state index in [2.05, 4.69) is 10.2 Å². The molecule has 2 aromatic rings.